The molecule has 0 spiro atoms. The number of benzene rings is 1. The molecule has 2 amide bonds. The molecule has 1 aromatic carbocycles. The van der Waals surface area contributed by atoms with Gasteiger partial charge in [-0.1, -0.05) is 36.4 Å². The number of primary amides is 1. The molecule has 0 aliphatic rings. The Morgan fingerprint density at radius 2 is 2.05 bits per heavy atom. The van der Waals surface area contributed by atoms with Crippen LogP contribution in [0.3, 0.4) is 0 Å². The van der Waals surface area contributed by atoms with Crippen LogP contribution in [0.1, 0.15) is 24.8 Å². The lowest BCUT2D eigenvalue weighted by molar-refractivity contribution is -0.130. The number of hydrogen-bond donors (Lipinski definition) is 2. The highest BCUT2D eigenvalue weighted by Crippen LogP contribution is 2.02. The molecule has 1 aromatic rings. The zero-order valence-electron chi connectivity index (χ0n) is 12.1. The van der Waals surface area contributed by atoms with Gasteiger partial charge >= 0.3 is 0 Å². The summed E-state index contributed by atoms with van der Waals surface area (Å²) in [7, 11) is 0. The van der Waals surface area contributed by atoms with Gasteiger partial charge in [-0.3, -0.25) is 9.59 Å². The predicted octanol–water partition coefficient (Wildman–Crippen LogP) is 1.53. The van der Waals surface area contributed by atoms with E-state index in [-0.39, 0.29) is 12.5 Å². The molecule has 0 bridgehead atoms. The normalized spacial score (nSPS) is 11.6. The van der Waals surface area contributed by atoms with Crippen LogP contribution in [0.2, 0.25) is 0 Å². The van der Waals surface area contributed by atoms with Crippen molar-refractivity contribution in [3.05, 3.63) is 48.6 Å². The van der Waals surface area contributed by atoms with Crippen molar-refractivity contribution in [2.45, 2.75) is 31.9 Å². The molecular formula is C16H22N2O3. The number of hydrogen-bond acceptors (Lipinski definition) is 3. The van der Waals surface area contributed by atoms with Gasteiger partial charge in [0, 0.05) is 0 Å². The molecule has 1 atom stereocenters. The maximum Gasteiger partial charge on any atom is 0.246 e. The first-order chi connectivity index (χ1) is 10.1. The van der Waals surface area contributed by atoms with Crippen LogP contribution in [-0.2, 0) is 20.9 Å². The predicted molar refractivity (Wildman–Crippen MR) is 81.3 cm³/mol. The second-order valence-corrected chi connectivity index (χ2v) is 4.72. The van der Waals surface area contributed by atoms with Crippen molar-refractivity contribution < 1.29 is 14.3 Å². The molecule has 0 aliphatic heterocycles. The van der Waals surface area contributed by atoms with Crippen LogP contribution in [0.15, 0.2) is 43.0 Å². The zero-order chi connectivity index (χ0) is 15.5. The molecule has 0 saturated carbocycles. The number of nitrogens with two attached hydrogens (primary N) is 1. The fraction of sp³-hybridized carbons (Fsp3) is 0.375. The number of allylic oxidation sites excluding steroid dienone is 1. The molecule has 0 aliphatic carbocycles. The van der Waals surface area contributed by atoms with Crippen molar-refractivity contribution in [2.24, 2.45) is 5.73 Å². The molecule has 1 rings (SSSR count). The first-order valence-electron chi connectivity index (χ1n) is 6.94. The smallest absolute Gasteiger partial charge is 0.246 e. The zero-order valence-corrected chi connectivity index (χ0v) is 12.1. The molecule has 0 radical (unpaired) electrons. The first kappa shape index (κ1) is 16.9. The molecule has 0 unspecified atom stereocenters. The number of unbranched alkanes of at least 4 members (excludes halogenated alkanes) is 1. The fourth-order valence-electron chi connectivity index (χ4n) is 1.82. The van der Waals surface area contributed by atoms with Gasteiger partial charge < -0.3 is 15.8 Å². The fourth-order valence-corrected chi connectivity index (χ4v) is 1.82. The maximum atomic E-state index is 11.7. The van der Waals surface area contributed by atoms with Crippen molar-refractivity contribution in [3.63, 3.8) is 0 Å². The van der Waals surface area contributed by atoms with E-state index in [1.54, 1.807) is 6.08 Å². The summed E-state index contributed by atoms with van der Waals surface area (Å²) in [5, 5.41) is 2.59. The third-order valence-corrected chi connectivity index (χ3v) is 2.92. The van der Waals surface area contributed by atoms with E-state index in [1.807, 2.05) is 30.3 Å². The average Bonchev–Trinajstić information content (AvgIpc) is 2.47. The van der Waals surface area contributed by atoms with Gasteiger partial charge in [0.05, 0.1) is 6.61 Å². The van der Waals surface area contributed by atoms with Crippen LogP contribution in [0.5, 0.6) is 0 Å². The first-order valence-corrected chi connectivity index (χ1v) is 6.94. The van der Waals surface area contributed by atoms with Gasteiger partial charge in [0.15, 0.2) is 0 Å². The summed E-state index contributed by atoms with van der Waals surface area (Å²) in [5.74, 6) is -0.871. The summed E-state index contributed by atoms with van der Waals surface area (Å²) in [4.78, 5) is 23.0. The molecule has 5 nitrogen and oxygen atoms in total. The summed E-state index contributed by atoms with van der Waals surface area (Å²) in [5.41, 5.74) is 6.26. The van der Waals surface area contributed by atoms with E-state index >= 15 is 0 Å². The van der Waals surface area contributed by atoms with Crippen LogP contribution in [-0.4, -0.2) is 24.5 Å². The van der Waals surface area contributed by atoms with E-state index in [1.165, 1.54) is 0 Å². The van der Waals surface area contributed by atoms with Gasteiger partial charge in [-0.15, -0.1) is 6.58 Å². The summed E-state index contributed by atoms with van der Waals surface area (Å²) >= 11 is 0. The second kappa shape index (κ2) is 9.72. The number of rotatable bonds is 10. The van der Waals surface area contributed by atoms with E-state index in [2.05, 4.69) is 11.9 Å². The molecule has 21 heavy (non-hydrogen) atoms. The third kappa shape index (κ3) is 7.27. The van der Waals surface area contributed by atoms with E-state index in [4.69, 9.17) is 10.5 Å². The summed E-state index contributed by atoms with van der Waals surface area (Å²) in [6.45, 7) is 3.87. The van der Waals surface area contributed by atoms with Crippen molar-refractivity contribution >= 4 is 11.8 Å². The number of amides is 2. The van der Waals surface area contributed by atoms with Gasteiger partial charge in [0.1, 0.15) is 12.6 Å². The van der Waals surface area contributed by atoms with Gasteiger partial charge in [0.2, 0.25) is 11.8 Å². The topological polar surface area (TPSA) is 81.4 Å². The van der Waals surface area contributed by atoms with Crippen molar-refractivity contribution in [1.82, 2.24) is 5.32 Å². The van der Waals surface area contributed by atoms with Crippen LogP contribution in [0.4, 0.5) is 0 Å². The Kier molecular flexibility index (Phi) is 7.82. The highest BCUT2D eigenvalue weighted by molar-refractivity contribution is 5.86. The van der Waals surface area contributed by atoms with Gasteiger partial charge in [-0.2, -0.15) is 0 Å². The summed E-state index contributed by atoms with van der Waals surface area (Å²) in [6.07, 6.45) is 3.81. The van der Waals surface area contributed by atoms with Crippen LogP contribution in [0, 0.1) is 0 Å². The van der Waals surface area contributed by atoms with E-state index < -0.39 is 11.9 Å². The molecule has 5 heteroatoms. The lowest BCUT2D eigenvalue weighted by Gasteiger charge is -2.15. The Balaban J connectivity index is 2.29. The van der Waals surface area contributed by atoms with Crippen molar-refractivity contribution in [2.75, 3.05) is 6.61 Å². The lowest BCUT2D eigenvalue weighted by Crippen LogP contribution is -2.45. The summed E-state index contributed by atoms with van der Waals surface area (Å²) < 4.78 is 5.31. The molecule has 0 fully saturated rings. The van der Waals surface area contributed by atoms with Crippen molar-refractivity contribution in [1.29, 1.82) is 0 Å². The maximum absolute atomic E-state index is 11.7. The standard InChI is InChI=1S/C16H22N2O3/c1-2-3-5-10-14(16(17)20)18-15(19)12-21-11-13-8-6-4-7-9-13/h2,4,6-9,14H,1,3,5,10-12H2,(H2,17,20)(H,18,19)/t14-/m1/s1. The molecule has 0 heterocycles. The Morgan fingerprint density at radius 1 is 1.33 bits per heavy atom. The Hall–Kier alpha value is -2.14. The lowest BCUT2D eigenvalue weighted by atomic mass is 10.1. The van der Waals surface area contributed by atoms with Crippen LogP contribution >= 0.6 is 0 Å². The molecule has 3 N–H and O–H groups in total. The number of carbonyl (C=O) groups is 2. The van der Waals surface area contributed by atoms with Gasteiger partial charge in [0.25, 0.3) is 0 Å². The van der Waals surface area contributed by atoms with E-state index in [0.29, 0.717) is 13.0 Å². The Labute approximate surface area is 125 Å². The Morgan fingerprint density at radius 3 is 2.67 bits per heavy atom. The van der Waals surface area contributed by atoms with Crippen LogP contribution < -0.4 is 11.1 Å². The largest absolute Gasteiger partial charge is 0.368 e. The van der Waals surface area contributed by atoms with Gasteiger partial charge in [-0.25, -0.2) is 0 Å². The minimum atomic E-state index is -0.655. The average molecular weight is 290 g/mol. The number of nitrogens with one attached hydrogen (secondary N) is 1. The third-order valence-electron chi connectivity index (χ3n) is 2.92. The van der Waals surface area contributed by atoms with Crippen molar-refractivity contribution in [3.8, 4) is 0 Å². The molecule has 0 aromatic heterocycles. The number of ether oxygens (including phenoxy) is 1. The number of carbonyl (C=O) groups excluding carboxylic acids is 2. The van der Waals surface area contributed by atoms with E-state index in [9.17, 15) is 9.59 Å². The second-order valence-electron chi connectivity index (χ2n) is 4.72. The quantitative estimate of drug-likeness (QED) is 0.506. The minimum absolute atomic E-state index is 0.0971. The SMILES string of the molecule is C=CCCC[C@@H](NC(=O)COCc1ccccc1)C(N)=O. The molecule has 114 valence electrons. The van der Waals surface area contributed by atoms with Gasteiger partial charge in [-0.05, 0) is 24.8 Å². The highest BCUT2D eigenvalue weighted by Gasteiger charge is 2.17. The van der Waals surface area contributed by atoms with E-state index in [0.717, 1.165) is 18.4 Å². The Bertz CT molecular complexity index is 460. The van der Waals surface area contributed by atoms with Crippen LogP contribution in [0.25, 0.3) is 0 Å². The summed E-state index contributed by atoms with van der Waals surface area (Å²) in [6, 6.07) is 8.90. The minimum Gasteiger partial charge on any atom is -0.368 e. The molecular weight excluding hydrogens is 268 g/mol. The monoisotopic (exact) mass is 290 g/mol. The molecule has 0 saturated heterocycles. The highest BCUT2D eigenvalue weighted by atomic mass is 16.5.